The van der Waals surface area contributed by atoms with Gasteiger partial charge in [0.05, 0.1) is 34.4 Å². The Balaban J connectivity index is 1.31. The lowest BCUT2D eigenvalue weighted by Crippen LogP contribution is -2.68. The van der Waals surface area contributed by atoms with Gasteiger partial charge in [-0.25, -0.2) is 0 Å². The summed E-state index contributed by atoms with van der Waals surface area (Å²) in [7, 11) is 0. The minimum Gasteiger partial charge on any atom is -0.490 e. The monoisotopic (exact) mass is 813 g/mol. The largest absolute Gasteiger partial charge is 0.490 e. The average molecular weight is 814 g/mol. The van der Waals surface area contributed by atoms with E-state index in [9.17, 15) is 51.3 Å². The van der Waals surface area contributed by atoms with Crippen LogP contribution in [0.15, 0.2) is 54.0 Å². The lowest BCUT2D eigenvalue weighted by molar-refractivity contribution is -0.177. The maximum absolute atomic E-state index is 15.0. The zero-order chi connectivity index (χ0) is 40.7. The predicted octanol–water partition coefficient (Wildman–Crippen LogP) is 7.79. The van der Waals surface area contributed by atoms with E-state index in [-0.39, 0.29) is 63.9 Å². The molecule has 56 heavy (non-hydrogen) atoms. The van der Waals surface area contributed by atoms with Gasteiger partial charge >= 0.3 is 18.3 Å². The molecule has 3 fully saturated rings. The molecule has 0 radical (unpaired) electrons. The summed E-state index contributed by atoms with van der Waals surface area (Å²) in [5, 5.41) is 34.5. The molecule has 3 N–H and O–H groups in total. The van der Waals surface area contributed by atoms with Crippen molar-refractivity contribution < 1.29 is 60.7 Å². The highest BCUT2D eigenvalue weighted by molar-refractivity contribution is 7.10. The number of nitrogens with zero attached hydrogens (tertiary/aromatic N) is 3. The summed E-state index contributed by atoms with van der Waals surface area (Å²) < 4.78 is 96.1. The highest BCUT2D eigenvalue weighted by Crippen LogP contribution is 2.47. The number of carboxylic acid groups (broad SMARTS) is 1. The first-order valence-electron chi connectivity index (χ1n) is 18.6. The summed E-state index contributed by atoms with van der Waals surface area (Å²) in [4.78, 5) is 32.5. The molecule has 2 aliphatic heterocycles. The Hall–Kier alpha value is -3.93. The molecule has 3 aromatic rings. The highest BCUT2D eigenvalue weighted by Gasteiger charge is 2.57. The summed E-state index contributed by atoms with van der Waals surface area (Å²) >= 11 is 0.378. The first-order chi connectivity index (χ1) is 26.3. The van der Waals surface area contributed by atoms with Crippen LogP contribution in [0.4, 0.5) is 26.3 Å². The molecule has 10 nitrogen and oxygen atoms in total. The zero-order valence-corrected chi connectivity index (χ0v) is 31.7. The van der Waals surface area contributed by atoms with Gasteiger partial charge in [0, 0.05) is 49.3 Å². The van der Waals surface area contributed by atoms with Crippen molar-refractivity contribution in [1.29, 1.82) is 0 Å². The Labute approximate surface area is 324 Å². The van der Waals surface area contributed by atoms with E-state index in [4.69, 9.17) is 9.47 Å². The third-order valence-corrected chi connectivity index (χ3v) is 12.4. The van der Waals surface area contributed by atoms with Gasteiger partial charge in [0.25, 0.3) is 5.91 Å². The van der Waals surface area contributed by atoms with Gasteiger partial charge in [0.1, 0.15) is 16.4 Å². The number of carboxylic acids is 1. The number of benzene rings is 1. The van der Waals surface area contributed by atoms with E-state index in [1.807, 2.05) is 0 Å². The number of amides is 1. The molecule has 3 aliphatic rings. The molecular formula is C39H45F6N3O7S. The van der Waals surface area contributed by atoms with Gasteiger partial charge in [-0.3, -0.25) is 19.5 Å². The summed E-state index contributed by atoms with van der Waals surface area (Å²) in [5.41, 5.74) is -5.73. The van der Waals surface area contributed by atoms with Crippen LogP contribution in [0.25, 0.3) is 0 Å². The van der Waals surface area contributed by atoms with E-state index in [1.165, 1.54) is 9.80 Å². The Morgan fingerprint density at radius 2 is 1.73 bits per heavy atom. The van der Waals surface area contributed by atoms with Crippen molar-refractivity contribution >= 4 is 23.2 Å². The molecule has 1 aromatic carbocycles. The van der Waals surface area contributed by atoms with Crippen LogP contribution in [-0.4, -0.2) is 79.4 Å². The third kappa shape index (κ3) is 8.23. The molecule has 1 aliphatic carbocycles. The Kier molecular flexibility index (Phi) is 11.8. The van der Waals surface area contributed by atoms with Crippen LogP contribution in [-0.2, 0) is 27.5 Å². The van der Waals surface area contributed by atoms with Gasteiger partial charge in [-0.1, -0.05) is 31.5 Å². The number of rotatable bonds is 11. The predicted molar refractivity (Wildman–Crippen MR) is 192 cm³/mol. The van der Waals surface area contributed by atoms with Gasteiger partial charge < -0.3 is 29.7 Å². The number of pyridine rings is 1. The van der Waals surface area contributed by atoms with Crippen molar-refractivity contribution in [3.63, 3.8) is 0 Å². The molecule has 1 saturated carbocycles. The van der Waals surface area contributed by atoms with Crippen LogP contribution >= 0.6 is 11.3 Å². The molecule has 306 valence electrons. The second-order valence-electron chi connectivity index (χ2n) is 15.3. The van der Waals surface area contributed by atoms with Crippen LogP contribution < -0.4 is 9.47 Å². The van der Waals surface area contributed by atoms with Crippen molar-refractivity contribution in [2.24, 2.45) is 5.41 Å². The molecule has 5 atom stereocenters. The number of para-hydroxylation sites is 1. The molecule has 6 rings (SSSR count). The van der Waals surface area contributed by atoms with Crippen LogP contribution in [0.5, 0.6) is 11.5 Å². The van der Waals surface area contributed by atoms with E-state index < -0.39 is 75.4 Å². The average Bonchev–Trinajstić information content (AvgIpc) is 3.79. The molecular weight excluding hydrogens is 768 g/mol. The second kappa shape index (κ2) is 15.8. The van der Waals surface area contributed by atoms with E-state index in [0.717, 1.165) is 29.8 Å². The smallest absolute Gasteiger partial charge is 0.425 e. The van der Waals surface area contributed by atoms with Crippen molar-refractivity contribution in [2.75, 3.05) is 19.6 Å². The lowest BCUT2D eigenvalue weighted by atomic mass is 9.78. The molecule has 1 amide bonds. The van der Waals surface area contributed by atoms with E-state index in [0.29, 0.717) is 41.9 Å². The lowest BCUT2D eigenvalue weighted by Gasteiger charge is -2.52. The normalized spacial score (nSPS) is 26.5. The van der Waals surface area contributed by atoms with Crippen LogP contribution in [0, 0.1) is 5.41 Å². The minimum absolute atomic E-state index is 0.0145. The van der Waals surface area contributed by atoms with Gasteiger partial charge in [-0.05, 0) is 70.1 Å². The number of hydrogen-bond acceptors (Lipinski definition) is 9. The van der Waals surface area contributed by atoms with Crippen LogP contribution in [0.2, 0.25) is 0 Å². The Morgan fingerprint density at radius 3 is 2.36 bits per heavy atom. The van der Waals surface area contributed by atoms with Crippen molar-refractivity contribution in [2.45, 2.75) is 114 Å². The SMILES string of the molecule is CCCC1N(C(O)c2ncccc2C(F)(F)F)CCC[C@@]1(Oc1csc(C(F)(F)F)c1)C(=O)N1CCC(O)(c2ccccc2O[C@@H]2CC[C@@](C)(C(=O)O)C2)CC1. The number of thiophene rings is 1. The Morgan fingerprint density at radius 1 is 1.02 bits per heavy atom. The third-order valence-electron chi connectivity index (χ3n) is 11.5. The number of aromatic nitrogens is 1. The maximum Gasteiger partial charge on any atom is 0.425 e. The molecule has 17 heteroatoms. The van der Waals surface area contributed by atoms with E-state index in [1.54, 1.807) is 38.1 Å². The second-order valence-corrected chi connectivity index (χ2v) is 16.2. The number of aliphatic carboxylic acids is 1. The summed E-state index contributed by atoms with van der Waals surface area (Å²) in [6.07, 6.45) is -8.87. The standard InChI is InChI=1S/C39H45F6N3O7S/c1-3-8-29-37(55-25-21-30(56-23-25)39(43,44)45,13-7-18-48(29)32(49)31-27(38(40,41)42)10-6-17-46-31)33(50)47-19-15-36(53,16-20-47)26-9-4-5-11-28(26)54-24-12-14-35(2,22-24)34(51)52/h4-6,9-11,17,21,23-24,29,32,49,53H,3,7-8,12-16,18-20,22H2,1-2H3,(H,51,52)/t24-,29?,32?,35-,37+/m1/s1. The molecule has 2 unspecified atom stereocenters. The summed E-state index contributed by atoms with van der Waals surface area (Å²) in [5.74, 6) is -1.39. The fourth-order valence-electron chi connectivity index (χ4n) is 8.47. The van der Waals surface area contributed by atoms with Gasteiger partial charge in [0.2, 0.25) is 5.60 Å². The van der Waals surface area contributed by atoms with Gasteiger partial charge in [-0.2, -0.15) is 26.3 Å². The molecule has 0 bridgehead atoms. The number of carbonyl (C=O) groups is 2. The quantitative estimate of drug-likeness (QED) is 0.166. The van der Waals surface area contributed by atoms with E-state index in [2.05, 4.69) is 4.98 Å². The first-order valence-corrected chi connectivity index (χ1v) is 19.5. The number of ether oxygens (including phenoxy) is 2. The zero-order valence-electron chi connectivity index (χ0n) is 30.9. The number of aliphatic hydroxyl groups excluding tert-OH is 1. The van der Waals surface area contributed by atoms with Crippen molar-refractivity contribution in [1.82, 2.24) is 14.8 Å². The molecule has 4 heterocycles. The number of halogens is 6. The number of likely N-dealkylation sites (tertiary alicyclic amines) is 2. The van der Waals surface area contributed by atoms with Crippen LogP contribution in [0.3, 0.4) is 0 Å². The molecule has 2 aromatic heterocycles. The fraction of sp³-hybridized carbons (Fsp3) is 0.564. The van der Waals surface area contributed by atoms with Crippen LogP contribution in [0.1, 0.15) is 99.6 Å². The topological polar surface area (TPSA) is 133 Å². The van der Waals surface area contributed by atoms with Gasteiger partial charge in [-0.15, -0.1) is 11.3 Å². The maximum atomic E-state index is 15.0. The first kappa shape index (κ1) is 41.7. The number of carbonyl (C=O) groups excluding carboxylic acids is 1. The fourth-order valence-corrected chi connectivity index (χ4v) is 9.15. The molecule has 0 spiro atoms. The summed E-state index contributed by atoms with van der Waals surface area (Å²) in [6.45, 7) is 3.44. The Bertz CT molecular complexity index is 1880. The van der Waals surface area contributed by atoms with E-state index >= 15 is 0 Å². The van der Waals surface area contributed by atoms with Crippen molar-refractivity contribution in [3.05, 3.63) is 75.7 Å². The number of hydrogen-bond donors (Lipinski definition) is 3. The number of alkyl halides is 6. The minimum atomic E-state index is -4.86. The van der Waals surface area contributed by atoms with Gasteiger partial charge in [0.15, 0.2) is 6.23 Å². The number of piperidine rings is 2. The molecule has 2 saturated heterocycles. The highest BCUT2D eigenvalue weighted by atomic mass is 32.1. The number of aliphatic hydroxyl groups is 2. The van der Waals surface area contributed by atoms with Crippen molar-refractivity contribution in [3.8, 4) is 11.5 Å². The summed E-state index contributed by atoms with van der Waals surface area (Å²) in [6, 6.07) is 8.45.